The van der Waals surface area contributed by atoms with Crippen LogP contribution < -0.4 is 0 Å². The molecule has 13 heavy (non-hydrogen) atoms. The van der Waals surface area contributed by atoms with Gasteiger partial charge in [-0.2, -0.15) is 0 Å². The summed E-state index contributed by atoms with van der Waals surface area (Å²) in [6.45, 7) is 0. The lowest BCUT2D eigenvalue weighted by Crippen LogP contribution is -2.16. The second-order valence-electron chi connectivity index (χ2n) is 3.10. The van der Waals surface area contributed by atoms with Crippen molar-refractivity contribution < 1.29 is 0 Å². The Hall–Kier alpha value is -1.08. The topological polar surface area (TPSA) is 12.9 Å². The Kier molecular flexibility index (Phi) is 2.19. The summed E-state index contributed by atoms with van der Waals surface area (Å²) in [6, 6.07) is 3.91. The zero-order chi connectivity index (χ0) is 9.15. The van der Waals surface area contributed by atoms with Crippen molar-refractivity contribution >= 4 is 11.6 Å². The summed E-state index contributed by atoms with van der Waals surface area (Å²) in [4.78, 5) is 3.68. The Labute approximate surface area is 82.8 Å². The molecule has 0 aromatic carbocycles. The number of allylic oxidation sites excluding steroid dienone is 4. The Balaban J connectivity index is 2.35. The molecule has 0 amide bonds. The average Bonchev–Trinajstić information content (AvgIpc) is 2.20. The van der Waals surface area contributed by atoms with E-state index in [1.807, 2.05) is 36.6 Å². The van der Waals surface area contributed by atoms with Gasteiger partial charge in [-0.1, -0.05) is 30.4 Å². The highest BCUT2D eigenvalue weighted by Crippen LogP contribution is 2.35. The first-order valence-corrected chi connectivity index (χ1v) is 4.63. The first-order valence-electron chi connectivity index (χ1n) is 4.25. The van der Waals surface area contributed by atoms with Crippen molar-refractivity contribution in [3.05, 3.63) is 54.4 Å². The minimum Gasteiger partial charge on any atom is -0.264 e. The first kappa shape index (κ1) is 8.52. The quantitative estimate of drug-likeness (QED) is 0.622. The van der Waals surface area contributed by atoms with Crippen molar-refractivity contribution in [1.29, 1.82) is 0 Å². The molecule has 66 valence electrons. The Morgan fingerprint density at radius 3 is 2.92 bits per heavy atom. The van der Waals surface area contributed by atoms with Crippen molar-refractivity contribution in [1.82, 2.24) is 4.98 Å². The molecular weight excluding hydrogens is 182 g/mol. The van der Waals surface area contributed by atoms with Crippen molar-refractivity contribution in [3.63, 3.8) is 0 Å². The lowest BCUT2D eigenvalue weighted by molar-refractivity contribution is 0.758. The Morgan fingerprint density at radius 2 is 2.31 bits per heavy atom. The van der Waals surface area contributed by atoms with E-state index >= 15 is 0 Å². The maximum absolute atomic E-state index is 6.42. The van der Waals surface area contributed by atoms with Crippen LogP contribution >= 0.6 is 11.6 Å². The molecule has 0 aliphatic heterocycles. The second-order valence-corrected chi connectivity index (χ2v) is 3.77. The summed E-state index contributed by atoms with van der Waals surface area (Å²) in [5.74, 6) is 0. The standard InChI is InChI=1S/C11H10ClN/c12-11(6-2-1-3-7-11)10-5-4-8-13-9-10/h1-6,8-9H,7H2. The van der Waals surface area contributed by atoms with Crippen LogP contribution in [0.25, 0.3) is 0 Å². The summed E-state index contributed by atoms with van der Waals surface area (Å²) in [6.07, 6.45) is 12.5. The van der Waals surface area contributed by atoms with E-state index in [1.54, 1.807) is 6.20 Å². The molecule has 0 saturated carbocycles. The minimum atomic E-state index is -0.386. The molecule has 0 radical (unpaired) electrons. The van der Waals surface area contributed by atoms with Gasteiger partial charge in [0.2, 0.25) is 0 Å². The zero-order valence-electron chi connectivity index (χ0n) is 7.15. The lowest BCUT2D eigenvalue weighted by Gasteiger charge is -2.23. The molecule has 2 rings (SSSR count). The van der Waals surface area contributed by atoms with Crippen LogP contribution in [0.2, 0.25) is 0 Å². The van der Waals surface area contributed by atoms with Crippen LogP contribution in [0, 0.1) is 0 Å². The van der Waals surface area contributed by atoms with E-state index in [9.17, 15) is 0 Å². The summed E-state index contributed by atoms with van der Waals surface area (Å²) in [5, 5.41) is 0. The maximum Gasteiger partial charge on any atom is 0.0927 e. The molecule has 1 heterocycles. The fourth-order valence-corrected chi connectivity index (χ4v) is 1.69. The van der Waals surface area contributed by atoms with Crippen LogP contribution in [-0.4, -0.2) is 4.98 Å². The number of halogens is 1. The molecule has 0 spiro atoms. The number of alkyl halides is 1. The molecule has 1 atom stereocenters. The highest BCUT2D eigenvalue weighted by Gasteiger charge is 2.26. The fourth-order valence-electron chi connectivity index (χ4n) is 1.42. The SMILES string of the molecule is ClC1(c2cccnc2)C=CC=CC1. The van der Waals surface area contributed by atoms with E-state index in [0.29, 0.717) is 0 Å². The number of nitrogens with zero attached hydrogens (tertiary/aromatic N) is 1. The smallest absolute Gasteiger partial charge is 0.0927 e. The van der Waals surface area contributed by atoms with Crippen LogP contribution in [0.4, 0.5) is 0 Å². The molecule has 1 aromatic rings. The van der Waals surface area contributed by atoms with Gasteiger partial charge < -0.3 is 0 Å². The van der Waals surface area contributed by atoms with E-state index in [0.717, 1.165) is 12.0 Å². The molecular formula is C11H10ClN. The molecule has 0 bridgehead atoms. The van der Waals surface area contributed by atoms with Gasteiger partial charge in [-0.05, 0) is 18.1 Å². The molecule has 1 aliphatic rings. The fraction of sp³-hybridized carbons (Fsp3) is 0.182. The molecule has 0 N–H and O–H groups in total. The molecule has 1 nitrogen and oxygen atoms in total. The van der Waals surface area contributed by atoms with Crippen LogP contribution in [0.3, 0.4) is 0 Å². The second kappa shape index (κ2) is 3.35. The third-order valence-electron chi connectivity index (χ3n) is 2.16. The molecule has 1 aliphatic carbocycles. The molecule has 1 unspecified atom stereocenters. The molecule has 1 aromatic heterocycles. The Morgan fingerprint density at radius 1 is 1.38 bits per heavy atom. The predicted octanol–water partition coefficient (Wildman–Crippen LogP) is 3.03. The highest BCUT2D eigenvalue weighted by atomic mass is 35.5. The monoisotopic (exact) mass is 191 g/mol. The van der Waals surface area contributed by atoms with Gasteiger partial charge >= 0.3 is 0 Å². The average molecular weight is 192 g/mol. The van der Waals surface area contributed by atoms with E-state index in [-0.39, 0.29) is 4.87 Å². The van der Waals surface area contributed by atoms with Crippen LogP contribution in [0.15, 0.2) is 48.8 Å². The van der Waals surface area contributed by atoms with Gasteiger partial charge in [0.25, 0.3) is 0 Å². The Bertz CT molecular complexity index is 342. The highest BCUT2D eigenvalue weighted by molar-refractivity contribution is 6.25. The van der Waals surface area contributed by atoms with Gasteiger partial charge in [0.1, 0.15) is 0 Å². The third kappa shape index (κ3) is 1.65. The number of pyridine rings is 1. The zero-order valence-corrected chi connectivity index (χ0v) is 7.91. The largest absolute Gasteiger partial charge is 0.264 e. The first-order chi connectivity index (χ1) is 6.31. The van der Waals surface area contributed by atoms with Crippen LogP contribution in [0.1, 0.15) is 12.0 Å². The van der Waals surface area contributed by atoms with Crippen molar-refractivity contribution in [2.45, 2.75) is 11.3 Å². The van der Waals surface area contributed by atoms with E-state index in [1.165, 1.54) is 0 Å². The summed E-state index contributed by atoms with van der Waals surface area (Å²) < 4.78 is 0. The minimum absolute atomic E-state index is 0.386. The van der Waals surface area contributed by atoms with Gasteiger partial charge in [0.05, 0.1) is 4.87 Å². The van der Waals surface area contributed by atoms with E-state index in [4.69, 9.17) is 11.6 Å². The molecule has 0 fully saturated rings. The van der Waals surface area contributed by atoms with E-state index in [2.05, 4.69) is 11.1 Å². The summed E-state index contributed by atoms with van der Waals surface area (Å²) in [7, 11) is 0. The number of hydrogen-bond donors (Lipinski definition) is 0. The molecule has 2 heteroatoms. The predicted molar refractivity (Wildman–Crippen MR) is 54.7 cm³/mol. The lowest BCUT2D eigenvalue weighted by atomic mass is 9.93. The summed E-state index contributed by atoms with van der Waals surface area (Å²) in [5.41, 5.74) is 1.05. The van der Waals surface area contributed by atoms with Gasteiger partial charge in [-0.15, -0.1) is 11.6 Å². The van der Waals surface area contributed by atoms with Crippen LogP contribution in [-0.2, 0) is 4.87 Å². The van der Waals surface area contributed by atoms with Gasteiger partial charge in [0, 0.05) is 12.4 Å². The normalized spacial score (nSPS) is 26.2. The number of rotatable bonds is 1. The van der Waals surface area contributed by atoms with Crippen molar-refractivity contribution in [3.8, 4) is 0 Å². The third-order valence-corrected chi connectivity index (χ3v) is 2.66. The van der Waals surface area contributed by atoms with Gasteiger partial charge in [-0.3, -0.25) is 4.98 Å². The maximum atomic E-state index is 6.42. The van der Waals surface area contributed by atoms with Crippen molar-refractivity contribution in [2.75, 3.05) is 0 Å². The number of aromatic nitrogens is 1. The summed E-state index contributed by atoms with van der Waals surface area (Å²) >= 11 is 6.42. The van der Waals surface area contributed by atoms with Gasteiger partial charge in [-0.25, -0.2) is 0 Å². The number of hydrogen-bond acceptors (Lipinski definition) is 1. The van der Waals surface area contributed by atoms with Crippen molar-refractivity contribution in [2.24, 2.45) is 0 Å². The van der Waals surface area contributed by atoms with Crippen LogP contribution in [0.5, 0.6) is 0 Å². The molecule has 0 saturated heterocycles. The van der Waals surface area contributed by atoms with E-state index < -0.39 is 0 Å². The van der Waals surface area contributed by atoms with Gasteiger partial charge in [0.15, 0.2) is 0 Å².